The van der Waals surface area contributed by atoms with E-state index in [9.17, 15) is 19.0 Å². The molecule has 1 amide bonds. The molecule has 380 valence electrons. The number of allylic oxidation sites excluding steroid dienone is 7. The molecule has 1 N–H and O–H groups in total. The molecule has 0 fully saturated rings. The van der Waals surface area contributed by atoms with Crippen molar-refractivity contribution in [1.82, 2.24) is 5.32 Å². The number of esters is 1. The molecular weight excluding hydrogens is 832 g/mol. The van der Waals surface area contributed by atoms with Crippen LogP contribution in [0.4, 0.5) is 0 Å². The summed E-state index contributed by atoms with van der Waals surface area (Å²) in [4.78, 5) is 39.7. The molecule has 0 radical (unpaired) electrons. The number of likely N-dealkylation sites (N-methyl/N-ethyl adjacent to an activating group) is 1. The average molecular weight is 935 g/mol. The van der Waals surface area contributed by atoms with Crippen molar-refractivity contribution in [1.29, 1.82) is 0 Å². The predicted molar refractivity (Wildman–Crippen MR) is 275 cm³/mol. The SMILES string of the molecule is CC/C=C/C/C=C/CCCCCCCCCC(=O)NC(COP(=O)([O-])OCC[N+](C)(C)C)C(/C=C/CCCCCCCCCCC)OC(=O)CCCCC/C=C\CCCCCCCCC. The molecule has 0 aromatic rings. The number of hydrogen-bond acceptors (Lipinski definition) is 7. The van der Waals surface area contributed by atoms with Crippen molar-refractivity contribution in [3.63, 3.8) is 0 Å². The number of unbranched alkanes of at least 4 members (excludes halogenated alkanes) is 26. The van der Waals surface area contributed by atoms with E-state index in [4.69, 9.17) is 13.8 Å². The second-order valence-corrected chi connectivity index (χ2v) is 20.8. The molecule has 3 atom stereocenters. The summed E-state index contributed by atoms with van der Waals surface area (Å²) in [6.07, 6.45) is 53.6. The minimum absolute atomic E-state index is 0.0265. The topological polar surface area (TPSA) is 114 Å². The van der Waals surface area contributed by atoms with E-state index in [1.807, 2.05) is 33.3 Å². The second-order valence-electron chi connectivity index (χ2n) is 19.3. The van der Waals surface area contributed by atoms with Crippen LogP contribution in [-0.4, -0.2) is 69.4 Å². The van der Waals surface area contributed by atoms with Crippen LogP contribution in [0.5, 0.6) is 0 Å². The fourth-order valence-electron chi connectivity index (χ4n) is 7.55. The van der Waals surface area contributed by atoms with Crippen molar-refractivity contribution in [2.45, 2.75) is 251 Å². The Morgan fingerprint density at radius 1 is 0.554 bits per heavy atom. The van der Waals surface area contributed by atoms with Crippen molar-refractivity contribution >= 4 is 19.7 Å². The summed E-state index contributed by atoms with van der Waals surface area (Å²) in [7, 11) is 1.17. The van der Waals surface area contributed by atoms with Gasteiger partial charge in [0.05, 0.1) is 33.8 Å². The van der Waals surface area contributed by atoms with Crippen LogP contribution in [0.1, 0.15) is 239 Å². The Kier molecular flexibility index (Phi) is 44.3. The van der Waals surface area contributed by atoms with Gasteiger partial charge in [0, 0.05) is 12.8 Å². The molecule has 0 aromatic heterocycles. The number of ether oxygens (including phenoxy) is 1. The number of phosphoric ester groups is 1. The summed E-state index contributed by atoms with van der Waals surface area (Å²) in [5, 5.41) is 3.00. The first kappa shape index (κ1) is 63.0. The lowest BCUT2D eigenvalue weighted by Gasteiger charge is -2.30. The summed E-state index contributed by atoms with van der Waals surface area (Å²) in [6.45, 7) is 6.70. The lowest BCUT2D eigenvalue weighted by atomic mass is 10.1. The zero-order valence-electron chi connectivity index (χ0n) is 43.2. The normalized spacial score (nSPS) is 14.3. The first-order valence-electron chi connectivity index (χ1n) is 26.9. The second kappa shape index (κ2) is 45.7. The van der Waals surface area contributed by atoms with Crippen LogP contribution in [-0.2, 0) is 27.9 Å². The molecule has 0 aliphatic carbocycles. The van der Waals surface area contributed by atoms with Crippen LogP contribution in [0.15, 0.2) is 48.6 Å². The van der Waals surface area contributed by atoms with Crippen LogP contribution in [0.3, 0.4) is 0 Å². The highest BCUT2D eigenvalue weighted by atomic mass is 31.2. The van der Waals surface area contributed by atoms with Gasteiger partial charge in [0.25, 0.3) is 7.82 Å². The van der Waals surface area contributed by atoms with E-state index >= 15 is 0 Å². The molecule has 0 rings (SSSR count). The highest BCUT2D eigenvalue weighted by Gasteiger charge is 2.27. The molecule has 0 aromatic carbocycles. The number of carbonyl (C=O) groups excluding carboxylic acids is 2. The lowest BCUT2D eigenvalue weighted by molar-refractivity contribution is -0.870. The molecular formula is C55H103N2O7P. The molecule has 0 heterocycles. The number of phosphoric acid groups is 1. The van der Waals surface area contributed by atoms with Gasteiger partial charge < -0.3 is 28.5 Å². The van der Waals surface area contributed by atoms with Crippen molar-refractivity contribution < 1.29 is 37.3 Å². The van der Waals surface area contributed by atoms with Gasteiger partial charge in [-0.15, -0.1) is 0 Å². The smallest absolute Gasteiger partial charge is 0.306 e. The molecule has 0 spiro atoms. The van der Waals surface area contributed by atoms with Gasteiger partial charge in [0.1, 0.15) is 19.3 Å². The van der Waals surface area contributed by atoms with Crippen LogP contribution >= 0.6 is 7.82 Å². The van der Waals surface area contributed by atoms with E-state index in [1.165, 1.54) is 109 Å². The summed E-state index contributed by atoms with van der Waals surface area (Å²) >= 11 is 0. The minimum Gasteiger partial charge on any atom is -0.756 e. The van der Waals surface area contributed by atoms with E-state index in [0.717, 1.165) is 89.9 Å². The summed E-state index contributed by atoms with van der Waals surface area (Å²) in [5.41, 5.74) is 0. The van der Waals surface area contributed by atoms with Gasteiger partial charge in [-0.3, -0.25) is 14.2 Å². The predicted octanol–water partition coefficient (Wildman–Crippen LogP) is 15.1. The third kappa shape index (κ3) is 46.9. The summed E-state index contributed by atoms with van der Waals surface area (Å²) in [6, 6.07) is -0.895. The maximum absolute atomic E-state index is 13.4. The molecule has 65 heavy (non-hydrogen) atoms. The Morgan fingerprint density at radius 2 is 0.985 bits per heavy atom. The van der Waals surface area contributed by atoms with Gasteiger partial charge in [-0.25, -0.2) is 0 Å². The van der Waals surface area contributed by atoms with Crippen LogP contribution in [0.2, 0.25) is 0 Å². The zero-order valence-corrected chi connectivity index (χ0v) is 44.1. The van der Waals surface area contributed by atoms with Crippen molar-refractivity contribution in [3.05, 3.63) is 48.6 Å². The maximum atomic E-state index is 13.4. The number of nitrogens with zero attached hydrogens (tertiary/aromatic N) is 1. The van der Waals surface area contributed by atoms with Gasteiger partial charge in [-0.2, -0.15) is 0 Å². The Hall–Kier alpha value is -2.03. The van der Waals surface area contributed by atoms with Gasteiger partial charge in [-0.05, 0) is 83.1 Å². The molecule has 9 nitrogen and oxygen atoms in total. The molecule has 0 aliphatic heterocycles. The van der Waals surface area contributed by atoms with Crippen molar-refractivity contribution in [2.75, 3.05) is 40.9 Å². The van der Waals surface area contributed by atoms with Crippen molar-refractivity contribution in [2.24, 2.45) is 0 Å². The Bertz CT molecular complexity index is 1260. The Balaban J connectivity index is 5.41. The van der Waals surface area contributed by atoms with Gasteiger partial charge in [-0.1, -0.05) is 192 Å². The van der Waals surface area contributed by atoms with E-state index in [2.05, 4.69) is 62.5 Å². The third-order valence-electron chi connectivity index (χ3n) is 11.7. The molecule has 0 bridgehead atoms. The zero-order chi connectivity index (χ0) is 48.0. The highest BCUT2D eigenvalue weighted by molar-refractivity contribution is 7.45. The fraction of sp³-hybridized carbons (Fsp3) is 0.818. The first-order valence-corrected chi connectivity index (χ1v) is 28.4. The van der Waals surface area contributed by atoms with Crippen LogP contribution < -0.4 is 10.2 Å². The lowest BCUT2D eigenvalue weighted by Crippen LogP contribution is -2.47. The van der Waals surface area contributed by atoms with E-state index < -0.39 is 26.6 Å². The number of nitrogens with one attached hydrogen (secondary N) is 1. The number of carbonyl (C=O) groups is 2. The number of hydrogen-bond donors (Lipinski definition) is 1. The molecule has 0 saturated heterocycles. The largest absolute Gasteiger partial charge is 0.756 e. The fourth-order valence-corrected chi connectivity index (χ4v) is 8.28. The quantitative estimate of drug-likeness (QED) is 0.0212. The van der Waals surface area contributed by atoms with Crippen molar-refractivity contribution in [3.8, 4) is 0 Å². The average Bonchev–Trinajstić information content (AvgIpc) is 3.26. The number of rotatable bonds is 48. The van der Waals surface area contributed by atoms with Crippen LogP contribution in [0.25, 0.3) is 0 Å². The number of quaternary nitrogens is 1. The maximum Gasteiger partial charge on any atom is 0.306 e. The highest BCUT2D eigenvalue weighted by Crippen LogP contribution is 2.38. The van der Waals surface area contributed by atoms with E-state index in [1.54, 1.807) is 0 Å². The van der Waals surface area contributed by atoms with E-state index in [0.29, 0.717) is 23.9 Å². The van der Waals surface area contributed by atoms with Gasteiger partial charge >= 0.3 is 5.97 Å². The Labute approximate surface area is 401 Å². The first-order chi connectivity index (χ1) is 31.4. The number of amides is 1. The standard InChI is InChI=1S/C55H103N2O7P/c1-7-10-13-16-19-22-25-27-29-32-35-38-41-44-47-54(58)56-52(51-63-65(60,61)62-50-49-57(4,5)6)53(46-43-40-37-34-31-24-21-18-15-12-9-3)64-55(59)48-45-42-39-36-33-30-28-26-23-20-17-14-11-8-2/h10,13,19,22,30,33,43,46,52-53H,7-9,11-12,14-18,20-21,23-29,31-32,34-42,44-45,47-51H2,1-6H3,(H-,56,58,60,61)/b13-10+,22-19+,33-30-,46-43+. The van der Waals surface area contributed by atoms with E-state index in [-0.39, 0.29) is 24.9 Å². The molecule has 0 saturated carbocycles. The van der Waals surface area contributed by atoms with Gasteiger partial charge in [0.2, 0.25) is 5.91 Å². The minimum atomic E-state index is -4.69. The molecule has 10 heteroatoms. The third-order valence-corrected chi connectivity index (χ3v) is 12.7. The molecule has 3 unspecified atom stereocenters. The molecule has 0 aliphatic rings. The van der Waals surface area contributed by atoms with Crippen LogP contribution in [0, 0.1) is 0 Å². The monoisotopic (exact) mass is 935 g/mol. The summed E-state index contributed by atoms with van der Waals surface area (Å²) < 4.78 is 30.1. The summed E-state index contributed by atoms with van der Waals surface area (Å²) in [5.74, 6) is -0.569. The Morgan fingerprint density at radius 3 is 1.49 bits per heavy atom. The van der Waals surface area contributed by atoms with Gasteiger partial charge in [0.15, 0.2) is 0 Å².